The average molecular weight is 455 g/mol. The van der Waals surface area contributed by atoms with Crippen LogP contribution in [0, 0.1) is 17.8 Å². The number of carbonyl (C=O) groups is 2. The molecular formula is C27H42N4O2. The van der Waals surface area contributed by atoms with Gasteiger partial charge in [0.25, 0.3) is 5.91 Å². The number of amides is 2. The predicted octanol–water partition coefficient (Wildman–Crippen LogP) is 4.03. The third-order valence-corrected chi connectivity index (χ3v) is 8.72. The Hall–Kier alpha value is -1.82. The van der Waals surface area contributed by atoms with Crippen molar-refractivity contribution in [1.82, 2.24) is 20.9 Å². The lowest BCUT2D eigenvalue weighted by molar-refractivity contribution is -0.121. The lowest BCUT2D eigenvalue weighted by Crippen LogP contribution is -2.49. The number of nitrogens with one attached hydrogen (secondary N) is 4. The summed E-state index contributed by atoms with van der Waals surface area (Å²) in [6.45, 7) is 6.62. The summed E-state index contributed by atoms with van der Waals surface area (Å²) in [6, 6.07) is 2.79. The Balaban J connectivity index is 1.09. The first-order valence-electron chi connectivity index (χ1n) is 13.2. The second-order valence-electron chi connectivity index (χ2n) is 12.7. The Morgan fingerprint density at radius 1 is 0.970 bits per heavy atom. The van der Waals surface area contributed by atoms with Gasteiger partial charge in [0, 0.05) is 23.8 Å². The lowest BCUT2D eigenvalue weighted by Gasteiger charge is -2.56. The first kappa shape index (κ1) is 22.9. The summed E-state index contributed by atoms with van der Waals surface area (Å²) < 4.78 is 0. The second kappa shape index (κ2) is 8.75. The van der Waals surface area contributed by atoms with E-state index >= 15 is 0 Å². The van der Waals surface area contributed by atoms with E-state index in [2.05, 4.69) is 54.0 Å². The minimum atomic E-state index is -0.181. The van der Waals surface area contributed by atoms with Crippen molar-refractivity contribution in [2.24, 2.45) is 17.8 Å². The van der Waals surface area contributed by atoms with Crippen LogP contribution in [0.4, 0.5) is 0 Å². The number of H-pyrrole nitrogens is 1. The number of aromatic amines is 1. The van der Waals surface area contributed by atoms with Crippen LogP contribution >= 0.6 is 0 Å². The van der Waals surface area contributed by atoms with E-state index in [1.54, 1.807) is 0 Å². The van der Waals surface area contributed by atoms with Crippen LogP contribution in [0.1, 0.15) is 101 Å². The number of hydrogen-bond acceptors (Lipinski definition) is 3. The molecule has 0 unspecified atom stereocenters. The van der Waals surface area contributed by atoms with Gasteiger partial charge >= 0.3 is 0 Å². The zero-order valence-corrected chi connectivity index (χ0v) is 20.6. The molecule has 0 radical (unpaired) electrons. The van der Waals surface area contributed by atoms with Gasteiger partial charge in [-0.05, 0) is 120 Å². The Morgan fingerprint density at radius 2 is 1.55 bits per heavy atom. The van der Waals surface area contributed by atoms with Crippen LogP contribution in [0.15, 0.2) is 12.3 Å². The van der Waals surface area contributed by atoms with Crippen molar-refractivity contribution >= 4 is 11.8 Å². The van der Waals surface area contributed by atoms with Crippen LogP contribution in [0.25, 0.3) is 0 Å². The molecule has 1 aromatic heterocycles. The van der Waals surface area contributed by atoms with Crippen LogP contribution < -0.4 is 16.0 Å². The molecule has 0 aliphatic heterocycles. The summed E-state index contributed by atoms with van der Waals surface area (Å²) >= 11 is 0. The van der Waals surface area contributed by atoms with E-state index in [4.69, 9.17) is 0 Å². The maximum atomic E-state index is 12.7. The van der Waals surface area contributed by atoms with E-state index in [1.807, 2.05) is 0 Å². The van der Waals surface area contributed by atoms with Crippen molar-refractivity contribution in [1.29, 1.82) is 0 Å². The third kappa shape index (κ3) is 5.16. The summed E-state index contributed by atoms with van der Waals surface area (Å²) in [6.07, 6.45) is 14.3. The molecule has 0 aromatic carbocycles. The van der Waals surface area contributed by atoms with E-state index in [1.165, 1.54) is 44.1 Å². The molecule has 2 amide bonds. The van der Waals surface area contributed by atoms with Gasteiger partial charge in [-0.15, -0.1) is 0 Å². The molecule has 182 valence electrons. The number of aromatic nitrogens is 1. The van der Waals surface area contributed by atoms with Crippen molar-refractivity contribution in [2.75, 3.05) is 6.54 Å². The van der Waals surface area contributed by atoms with E-state index in [0.29, 0.717) is 11.7 Å². The van der Waals surface area contributed by atoms with Crippen molar-refractivity contribution in [3.63, 3.8) is 0 Å². The highest BCUT2D eigenvalue weighted by molar-refractivity contribution is 5.95. The summed E-state index contributed by atoms with van der Waals surface area (Å²) in [7, 11) is 0. The van der Waals surface area contributed by atoms with Gasteiger partial charge in [-0.3, -0.25) is 9.59 Å². The quantitative estimate of drug-likeness (QED) is 0.524. The highest BCUT2D eigenvalue weighted by Crippen LogP contribution is 2.60. The molecule has 5 saturated carbocycles. The maximum absolute atomic E-state index is 12.7. The molecular weight excluding hydrogens is 412 g/mol. The number of rotatable bonds is 6. The van der Waals surface area contributed by atoms with Crippen LogP contribution in [-0.2, 0) is 10.2 Å². The monoisotopic (exact) mass is 454 g/mol. The van der Waals surface area contributed by atoms with Crippen LogP contribution in [0.5, 0.6) is 0 Å². The molecule has 1 aromatic rings. The minimum absolute atomic E-state index is 0.0325. The van der Waals surface area contributed by atoms with E-state index in [-0.39, 0.29) is 35.4 Å². The Kier molecular flexibility index (Phi) is 6.09. The first-order valence-corrected chi connectivity index (χ1v) is 13.2. The Bertz CT molecular complexity index is 840. The topological polar surface area (TPSA) is 86.0 Å². The lowest BCUT2D eigenvalue weighted by atomic mass is 9.48. The van der Waals surface area contributed by atoms with Crippen molar-refractivity contribution in [3.05, 3.63) is 23.5 Å². The zero-order valence-electron chi connectivity index (χ0n) is 20.6. The van der Waals surface area contributed by atoms with Gasteiger partial charge in [0.05, 0.1) is 6.54 Å². The second-order valence-corrected chi connectivity index (χ2v) is 12.7. The van der Waals surface area contributed by atoms with Gasteiger partial charge in [-0.2, -0.15) is 0 Å². The SMILES string of the molecule is CC(C)(C)NC1CCC(NC(=O)CNC(=O)c2cc(C34CC5CC(CC(C5)C3)C4)c[nH]2)CC1. The number of carbonyl (C=O) groups excluding carboxylic acids is 2. The van der Waals surface area contributed by atoms with Gasteiger partial charge in [-0.25, -0.2) is 0 Å². The van der Waals surface area contributed by atoms with Crippen LogP contribution in [0.3, 0.4) is 0 Å². The first-order chi connectivity index (χ1) is 15.7. The fourth-order valence-electron chi connectivity index (χ4n) is 7.82. The van der Waals surface area contributed by atoms with Crippen molar-refractivity contribution in [2.45, 2.75) is 108 Å². The highest BCUT2D eigenvalue weighted by atomic mass is 16.2. The molecule has 5 aliphatic rings. The molecule has 5 fully saturated rings. The van der Waals surface area contributed by atoms with Gasteiger partial charge in [0.1, 0.15) is 5.69 Å². The highest BCUT2D eigenvalue weighted by Gasteiger charge is 2.51. The van der Waals surface area contributed by atoms with Gasteiger partial charge in [0.2, 0.25) is 5.91 Å². The normalized spacial score (nSPS) is 35.4. The van der Waals surface area contributed by atoms with Crippen molar-refractivity contribution in [3.8, 4) is 0 Å². The molecule has 6 heteroatoms. The molecule has 0 saturated heterocycles. The molecule has 4 bridgehead atoms. The summed E-state index contributed by atoms with van der Waals surface area (Å²) in [5.74, 6) is 2.37. The smallest absolute Gasteiger partial charge is 0.268 e. The average Bonchev–Trinajstić information content (AvgIpc) is 3.23. The third-order valence-electron chi connectivity index (χ3n) is 8.72. The predicted molar refractivity (Wildman–Crippen MR) is 130 cm³/mol. The molecule has 1 heterocycles. The molecule has 33 heavy (non-hydrogen) atoms. The molecule has 4 N–H and O–H groups in total. The molecule has 5 aliphatic carbocycles. The van der Waals surface area contributed by atoms with Crippen LogP contribution in [0.2, 0.25) is 0 Å². The fraction of sp³-hybridized carbons (Fsp3) is 0.778. The summed E-state index contributed by atoms with van der Waals surface area (Å²) in [4.78, 5) is 28.4. The van der Waals surface area contributed by atoms with Gasteiger partial charge < -0.3 is 20.9 Å². The fourth-order valence-corrected chi connectivity index (χ4v) is 7.82. The maximum Gasteiger partial charge on any atom is 0.268 e. The van der Waals surface area contributed by atoms with Gasteiger partial charge in [-0.1, -0.05) is 0 Å². The number of hydrogen-bond donors (Lipinski definition) is 4. The van der Waals surface area contributed by atoms with Gasteiger partial charge in [0.15, 0.2) is 0 Å². The molecule has 0 atom stereocenters. The molecule has 0 spiro atoms. The molecule has 6 nitrogen and oxygen atoms in total. The Labute approximate surface area is 198 Å². The van der Waals surface area contributed by atoms with Crippen molar-refractivity contribution < 1.29 is 9.59 Å². The van der Waals surface area contributed by atoms with E-state index in [0.717, 1.165) is 43.4 Å². The summed E-state index contributed by atoms with van der Waals surface area (Å²) in [5, 5.41) is 9.59. The van der Waals surface area contributed by atoms with Crippen LogP contribution in [-0.4, -0.2) is 41.0 Å². The minimum Gasteiger partial charge on any atom is -0.357 e. The summed E-state index contributed by atoms with van der Waals surface area (Å²) in [5.41, 5.74) is 2.31. The standard InChI is InChI=1S/C27H42N4O2/c1-26(2,3)31-22-6-4-21(5-7-22)30-24(32)16-29-25(33)23-11-20(15-28-23)27-12-17-8-18(13-27)10-19(9-17)14-27/h11,15,17-19,21-22,28,31H,4-10,12-14,16H2,1-3H3,(H,29,33)(H,30,32). The van der Waals surface area contributed by atoms with E-state index in [9.17, 15) is 9.59 Å². The van der Waals surface area contributed by atoms with E-state index < -0.39 is 0 Å². The Morgan fingerprint density at radius 3 is 2.12 bits per heavy atom. The zero-order chi connectivity index (χ0) is 23.2. The molecule has 6 rings (SSSR count). The largest absolute Gasteiger partial charge is 0.357 e.